The zero-order valence-electron chi connectivity index (χ0n) is 16.3. The Hall–Kier alpha value is -3.08. The van der Waals surface area contributed by atoms with E-state index in [4.69, 9.17) is 9.26 Å². The Kier molecular flexibility index (Phi) is 5.31. The lowest BCUT2D eigenvalue weighted by atomic mass is 10.1. The fraction of sp³-hybridized carbons (Fsp3) is 0.273. The molecule has 1 amide bonds. The largest absolute Gasteiger partial charge is 0.488 e. The fourth-order valence-electron chi connectivity index (χ4n) is 3.05. The minimum absolute atomic E-state index is 0.219. The molecule has 140 valence electrons. The van der Waals surface area contributed by atoms with Crippen molar-refractivity contribution in [1.82, 2.24) is 5.16 Å². The SMILES string of the molecule is Cc1ccc(NC(=O)c2noc(C)c2COc2c(C)cccc2C)c(C)c1. The first kappa shape index (κ1) is 18.7. The first-order valence-corrected chi connectivity index (χ1v) is 8.89. The normalized spacial score (nSPS) is 10.7. The molecule has 0 spiro atoms. The van der Waals surface area contributed by atoms with Crippen molar-refractivity contribution in [3.63, 3.8) is 0 Å². The average molecular weight is 364 g/mol. The van der Waals surface area contributed by atoms with Gasteiger partial charge in [-0.2, -0.15) is 0 Å². The minimum Gasteiger partial charge on any atom is -0.488 e. The molecule has 0 fully saturated rings. The summed E-state index contributed by atoms with van der Waals surface area (Å²) in [5, 5.41) is 6.86. The van der Waals surface area contributed by atoms with Crippen molar-refractivity contribution in [1.29, 1.82) is 0 Å². The highest BCUT2D eigenvalue weighted by Crippen LogP contribution is 2.25. The van der Waals surface area contributed by atoms with Crippen LogP contribution >= 0.6 is 0 Å². The van der Waals surface area contributed by atoms with Crippen LogP contribution in [0, 0.1) is 34.6 Å². The number of anilines is 1. The molecular weight excluding hydrogens is 340 g/mol. The van der Waals surface area contributed by atoms with Gasteiger partial charge in [0.25, 0.3) is 5.91 Å². The minimum atomic E-state index is -0.307. The second-order valence-electron chi connectivity index (χ2n) is 6.85. The third kappa shape index (κ3) is 4.03. The summed E-state index contributed by atoms with van der Waals surface area (Å²) in [5.74, 6) is 1.09. The summed E-state index contributed by atoms with van der Waals surface area (Å²) < 4.78 is 11.3. The van der Waals surface area contributed by atoms with Gasteiger partial charge in [-0.1, -0.05) is 41.1 Å². The predicted molar refractivity (Wildman–Crippen MR) is 105 cm³/mol. The molecule has 3 aromatic rings. The Morgan fingerprint density at radius 2 is 1.74 bits per heavy atom. The maximum atomic E-state index is 12.7. The summed E-state index contributed by atoms with van der Waals surface area (Å²) in [7, 11) is 0. The van der Waals surface area contributed by atoms with E-state index in [2.05, 4.69) is 10.5 Å². The molecule has 0 unspecified atom stereocenters. The van der Waals surface area contributed by atoms with Crippen molar-refractivity contribution in [3.8, 4) is 5.75 Å². The third-order valence-electron chi connectivity index (χ3n) is 4.60. The van der Waals surface area contributed by atoms with Gasteiger partial charge in [-0.25, -0.2) is 0 Å². The van der Waals surface area contributed by atoms with Crippen LogP contribution in [0.5, 0.6) is 5.75 Å². The molecule has 0 aliphatic carbocycles. The first-order chi connectivity index (χ1) is 12.9. The number of benzene rings is 2. The van der Waals surface area contributed by atoms with Crippen molar-refractivity contribution >= 4 is 11.6 Å². The number of rotatable bonds is 5. The van der Waals surface area contributed by atoms with E-state index in [1.165, 1.54) is 0 Å². The molecule has 5 nitrogen and oxygen atoms in total. The van der Waals surface area contributed by atoms with Crippen LogP contribution < -0.4 is 10.1 Å². The highest BCUT2D eigenvalue weighted by atomic mass is 16.5. The van der Waals surface area contributed by atoms with Crippen molar-refractivity contribution in [3.05, 3.63) is 75.7 Å². The van der Waals surface area contributed by atoms with E-state index in [0.717, 1.165) is 33.7 Å². The van der Waals surface area contributed by atoms with Gasteiger partial charge < -0.3 is 14.6 Å². The summed E-state index contributed by atoms with van der Waals surface area (Å²) in [4.78, 5) is 12.7. The lowest BCUT2D eigenvalue weighted by Gasteiger charge is -2.12. The van der Waals surface area contributed by atoms with E-state index in [1.807, 2.05) is 64.1 Å². The molecule has 1 N–H and O–H groups in total. The van der Waals surface area contributed by atoms with E-state index in [9.17, 15) is 4.79 Å². The van der Waals surface area contributed by atoms with E-state index < -0.39 is 0 Å². The van der Waals surface area contributed by atoms with Crippen molar-refractivity contribution in [2.24, 2.45) is 0 Å². The van der Waals surface area contributed by atoms with Crippen LogP contribution in [0.3, 0.4) is 0 Å². The molecule has 3 rings (SSSR count). The molecule has 0 aliphatic heterocycles. The van der Waals surface area contributed by atoms with Gasteiger partial charge in [0.1, 0.15) is 18.1 Å². The summed E-state index contributed by atoms with van der Waals surface area (Å²) in [6.07, 6.45) is 0. The zero-order chi connectivity index (χ0) is 19.6. The number of para-hydroxylation sites is 1. The van der Waals surface area contributed by atoms with Gasteiger partial charge in [0.2, 0.25) is 0 Å². The maximum Gasteiger partial charge on any atom is 0.278 e. The number of nitrogens with zero attached hydrogens (tertiary/aromatic N) is 1. The molecule has 2 aromatic carbocycles. The number of hydrogen-bond acceptors (Lipinski definition) is 4. The molecule has 0 radical (unpaired) electrons. The zero-order valence-corrected chi connectivity index (χ0v) is 16.3. The lowest BCUT2D eigenvalue weighted by Crippen LogP contribution is -2.16. The third-order valence-corrected chi connectivity index (χ3v) is 4.60. The van der Waals surface area contributed by atoms with E-state index in [-0.39, 0.29) is 18.2 Å². The Balaban J connectivity index is 1.80. The van der Waals surface area contributed by atoms with Gasteiger partial charge in [-0.15, -0.1) is 0 Å². The Bertz CT molecular complexity index is 969. The van der Waals surface area contributed by atoms with Crippen LogP contribution in [0.1, 0.15) is 44.1 Å². The van der Waals surface area contributed by atoms with Crippen LogP contribution in [0.25, 0.3) is 0 Å². The number of aryl methyl sites for hydroxylation is 5. The molecule has 0 saturated heterocycles. The number of nitrogens with one attached hydrogen (secondary N) is 1. The van der Waals surface area contributed by atoms with Crippen LogP contribution in [0.2, 0.25) is 0 Å². The van der Waals surface area contributed by atoms with Crippen molar-refractivity contribution in [2.75, 3.05) is 5.32 Å². The summed E-state index contributed by atoms with van der Waals surface area (Å²) >= 11 is 0. The van der Waals surface area contributed by atoms with Gasteiger partial charge in [0.05, 0.1) is 5.56 Å². The summed E-state index contributed by atoms with van der Waals surface area (Å²) in [5.41, 5.74) is 5.89. The molecular formula is C22H24N2O3. The number of aromatic nitrogens is 1. The molecule has 5 heteroatoms. The lowest BCUT2D eigenvalue weighted by molar-refractivity contribution is 0.101. The molecule has 0 aliphatic rings. The molecule has 0 saturated carbocycles. The van der Waals surface area contributed by atoms with Gasteiger partial charge in [0, 0.05) is 5.69 Å². The first-order valence-electron chi connectivity index (χ1n) is 8.89. The second kappa shape index (κ2) is 7.66. The van der Waals surface area contributed by atoms with Crippen LogP contribution in [-0.2, 0) is 6.61 Å². The Morgan fingerprint density at radius 3 is 2.41 bits per heavy atom. The molecule has 0 atom stereocenters. The second-order valence-corrected chi connectivity index (χ2v) is 6.85. The number of hydrogen-bond donors (Lipinski definition) is 1. The molecule has 27 heavy (non-hydrogen) atoms. The maximum absolute atomic E-state index is 12.7. The summed E-state index contributed by atoms with van der Waals surface area (Å²) in [6.45, 7) is 9.97. The standard InChI is InChI=1S/C22H24N2O3/c1-13-9-10-19(16(4)11-13)23-22(25)20-18(17(5)27-24-20)12-26-21-14(2)7-6-8-15(21)3/h6-11H,12H2,1-5H3,(H,23,25). The number of amides is 1. The van der Waals surface area contributed by atoms with E-state index in [0.29, 0.717) is 11.3 Å². The van der Waals surface area contributed by atoms with Gasteiger partial charge in [-0.05, 0) is 57.4 Å². The number of carbonyl (C=O) groups is 1. The van der Waals surface area contributed by atoms with Crippen LogP contribution in [0.15, 0.2) is 40.9 Å². The Morgan fingerprint density at radius 1 is 1.04 bits per heavy atom. The monoisotopic (exact) mass is 364 g/mol. The average Bonchev–Trinajstić information content (AvgIpc) is 2.98. The fourth-order valence-corrected chi connectivity index (χ4v) is 3.05. The van der Waals surface area contributed by atoms with Gasteiger partial charge >= 0.3 is 0 Å². The van der Waals surface area contributed by atoms with E-state index >= 15 is 0 Å². The topological polar surface area (TPSA) is 64.4 Å². The smallest absolute Gasteiger partial charge is 0.278 e. The van der Waals surface area contributed by atoms with Gasteiger partial charge in [-0.3, -0.25) is 4.79 Å². The number of ether oxygens (including phenoxy) is 1. The van der Waals surface area contributed by atoms with Gasteiger partial charge in [0.15, 0.2) is 5.69 Å². The Labute approximate surface area is 159 Å². The number of carbonyl (C=O) groups excluding carboxylic acids is 1. The highest BCUT2D eigenvalue weighted by Gasteiger charge is 2.21. The van der Waals surface area contributed by atoms with Crippen molar-refractivity contribution < 1.29 is 14.1 Å². The molecule has 1 heterocycles. The van der Waals surface area contributed by atoms with E-state index in [1.54, 1.807) is 6.92 Å². The van der Waals surface area contributed by atoms with Crippen LogP contribution in [0.4, 0.5) is 5.69 Å². The predicted octanol–water partition coefficient (Wildman–Crippen LogP) is 5.05. The van der Waals surface area contributed by atoms with Crippen LogP contribution in [-0.4, -0.2) is 11.1 Å². The highest BCUT2D eigenvalue weighted by molar-refractivity contribution is 6.04. The molecule has 1 aromatic heterocycles. The molecule has 0 bridgehead atoms. The quantitative estimate of drug-likeness (QED) is 0.688. The van der Waals surface area contributed by atoms with Crippen molar-refractivity contribution in [2.45, 2.75) is 41.2 Å². The summed E-state index contributed by atoms with van der Waals surface area (Å²) in [6, 6.07) is 11.9.